The zero-order chi connectivity index (χ0) is 9.14. The van der Waals surface area contributed by atoms with Gasteiger partial charge in [0.2, 0.25) is 0 Å². The van der Waals surface area contributed by atoms with Gasteiger partial charge in [0.05, 0.1) is 0 Å². The number of hydrogen-bond donors (Lipinski definition) is 1. The van der Waals surface area contributed by atoms with Crippen molar-refractivity contribution in [3.05, 3.63) is 33.7 Å². The van der Waals surface area contributed by atoms with Crippen molar-refractivity contribution in [2.45, 2.75) is 13.3 Å². The lowest BCUT2D eigenvalue weighted by molar-refractivity contribution is -0.136. The summed E-state index contributed by atoms with van der Waals surface area (Å²) < 4.78 is 0. The van der Waals surface area contributed by atoms with Gasteiger partial charge in [-0.3, -0.25) is 4.79 Å². The molecule has 0 aromatic carbocycles. The van der Waals surface area contributed by atoms with Crippen LogP contribution in [0.15, 0.2) is 18.2 Å². The van der Waals surface area contributed by atoms with E-state index in [0.717, 1.165) is 5.02 Å². The van der Waals surface area contributed by atoms with Crippen LogP contribution in [0.25, 0.3) is 0 Å². The van der Waals surface area contributed by atoms with E-state index in [1.165, 1.54) is 10.4 Å². The average molecular weight is 185 g/mol. The highest BCUT2D eigenvalue weighted by molar-refractivity contribution is 6.31. The van der Waals surface area contributed by atoms with Crippen molar-refractivity contribution in [2.24, 2.45) is 0 Å². The standard InChI is InChI=1S/C6H3Cl.C3H6O2/c7-6-3-4-1-2-5(4)6;1-2-3(4)5/h1-3H;2H2,1H3,(H,4,5). The van der Waals surface area contributed by atoms with Gasteiger partial charge >= 0.3 is 5.97 Å². The zero-order valence-corrected chi connectivity index (χ0v) is 7.43. The molecule has 2 nitrogen and oxygen atoms in total. The van der Waals surface area contributed by atoms with Crippen LogP contribution < -0.4 is 0 Å². The van der Waals surface area contributed by atoms with E-state index < -0.39 is 5.97 Å². The largest absolute Gasteiger partial charge is 0.481 e. The zero-order valence-electron chi connectivity index (χ0n) is 6.67. The second-order valence-electron chi connectivity index (χ2n) is 2.44. The predicted octanol–water partition coefficient (Wildman–Crippen LogP) is 2.42. The first kappa shape index (κ1) is 9.07. The molecule has 0 aromatic heterocycles. The molecule has 64 valence electrons. The van der Waals surface area contributed by atoms with Crippen LogP contribution in [0.5, 0.6) is 0 Å². The van der Waals surface area contributed by atoms with Gasteiger partial charge in [0.25, 0.3) is 0 Å². The van der Waals surface area contributed by atoms with Crippen molar-refractivity contribution in [3.8, 4) is 0 Å². The Balaban J connectivity index is 0.000000130. The Morgan fingerprint density at radius 2 is 2.17 bits per heavy atom. The summed E-state index contributed by atoms with van der Waals surface area (Å²) in [5.41, 5.74) is 0. The molecule has 0 atom stereocenters. The monoisotopic (exact) mass is 184 g/mol. The highest BCUT2D eigenvalue weighted by Gasteiger charge is 1.99. The SMILES string of the molecule is CCC(=O)O.Clc1cc2ccc1=2. The molecular formula is C9H9ClO2. The van der Waals surface area contributed by atoms with E-state index in [2.05, 4.69) is 6.07 Å². The average Bonchev–Trinajstić information content (AvgIpc) is 2.00. The Hall–Kier alpha value is -1.02. The molecule has 0 spiro atoms. The van der Waals surface area contributed by atoms with Crippen molar-refractivity contribution in [1.29, 1.82) is 0 Å². The normalized spacial score (nSPS) is 9.83. The van der Waals surface area contributed by atoms with Gasteiger partial charge < -0.3 is 5.11 Å². The molecule has 2 aliphatic carbocycles. The highest BCUT2D eigenvalue weighted by atomic mass is 35.5. The maximum absolute atomic E-state index is 9.37. The summed E-state index contributed by atoms with van der Waals surface area (Å²) in [6, 6.07) is 6.05. The number of carboxylic acids is 1. The van der Waals surface area contributed by atoms with Crippen LogP contribution in [0.1, 0.15) is 13.3 Å². The second kappa shape index (κ2) is 3.59. The third-order valence-electron chi connectivity index (χ3n) is 1.58. The molecule has 0 heterocycles. The Morgan fingerprint density at radius 3 is 2.17 bits per heavy atom. The number of carboxylic acid groups (broad SMARTS) is 1. The van der Waals surface area contributed by atoms with Gasteiger partial charge in [0.1, 0.15) is 0 Å². The van der Waals surface area contributed by atoms with E-state index in [0.29, 0.717) is 0 Å². The lowest BCUT2D eigenvalue weighted by Gasteiger charge is -2.01. The predicted molar refractivity (Wildman–Crippen MR) is 47.1 cm³/mol. The molecule has 0 saturated carbocycles. The van der Waals surface area contributed by atoms with Crippen LogP contribution in [0, 0.1) is 10.4 Å². The maximum Gasteiger partial charge on any atom is 0.303 e. The highest BCUT2D eigenvalue weighted by Crippen LogP contribution is 2.20. The number of halogens is 1. The smallest absolute Gasteiger partial charge is 0.303 e. The topological polar surface area (TPSA) is 37.3 Å². The molecule has 0 bridgehead atoms. The summed E-state index contributed by atoms with van der Waals surface area (Å²) in [6.07, 6.45) is 0.222. The summed E-state index contributed by atoms with van der Waals surface area (Å²) in [7, 11) is 0. The fraction of sp³-hybridized carbons (Fsp3) is 0.222. The van der Waals surface area contributed by atoms with E-state index in [1.807, 2.05) is 12.1 Å². The molecule has 0 fully saturated rings. The quantitative estimate of drug-likeness (QED) is 0.739. The van der Waals surface area contributed by atoms with Crippen molar-refractivity contribution in [2.75, 3.05) is 0 Å². The lowest BCUT2D eigenvalue weighted by Crippen LogP contribution is -1.86. The third kappa shape index (κ3) is 1.77. The molecule has 0 aromatic rings. The minimum absolute atomic E-state index is 0.222. The molecule has 0 radical (unpaired) electrons. The Bertz CT molecular complexity index is 384. The first-order valence-electron chi connectivity index (χ1n) is 3.67. The Labute approximate surface area is 75.1 Å². The Kier molecular flexibility index (Phi) is 2.71. The maximum atomic E-state index is 9.37. The van der Waals surface area contributed by atoms with Gasteiger partial charge in [-0.2, -0.15) is 0 Å². The van der Waals surface area contributed by atoms with Gasteiger partial charge in [0, 0.05) is 16.7 Å². The number of aliphatic carboxylic acids is 1. The van der Waals surface area contributed by atoms with Crippen LogP contribution in [-0.4, -0.2) is 11.1 Å². The van der Waals surface area contributed by atoms with Crippen LogP contribution >= 0.6 is 11.6 Å². The van der Waals surface area contributed by atoms with Crippen LogP contribution in [0.4, 0.5) is 0 Å². The summed E-state index contributed by atoms with van der Waals surface area (Å²) >= 11 is 5.60. The van der Waals surface area contributed by atoms with E-state index in [4.69, 9.17) is 16.7 Å². The van der Waals surface area contributed by atoms with Crippen molar-refractivity contribution in [1.82, 2.24) is 0 Å². The second-order valence-corrected chi connectivity index (χ2v) is 2.85. The molecule has 3 heteroatoms. The Morgan fingerprint density at radius 1 is 1.58 bits per heavy atom. The summed E-state index contributed by atoms with van der Waals surface area (Å²) in [5.74, 6) is -0.745. The molecule has 0 aliphatic heterocycles. The van der Waals surface area contributed by atoms with Crippen molar-refractivity contribution < 1.29 is 9.90 Å². The van der Waals surface area contributed by atoms with Gasteiger partial charge in [-0.05, 0) is 11.3 Å². The minimum atomic E-state index is -0.745. The molecule has 2 aliphatic rings. The molecule has 0 amide bonds. The number of carbonyl (C=O) groups is 1. The first-order chi connectivity index (χ1) is 5.65. The molecule has 12 heavy (non-hydrogen) atoms. The van der Waals surface area contributed by atoms with Gasteiger partial charge in [0.15, 0.2) is 0 Å². The fourth-order valence-electron chi connectivity index (χ4n) is 0.743. The summed E-state index contributed by atoms with van der Waals surface area (Å²) in [6.45, 7) is 1.60. The number of hydrogen-bond acceptors (Lipinski definition) is 1. The van der Waals surface area contributed by atoms with E-state index >= 15 is 0 Å². The van der Waals surface area contributed by atoms with Gasteiger partial charge in [-0.25, -0.2) is 0 Å². The molecule has 0 saturated heterocycles. The fourth-order valence-corrected chi connectivity index (χ4v) is 1.03. The van der Waals surface area contributed by atoms with E-state index in [-0.39, 0.29) is 6.42 Å². The van der Waals surface area contributed by atoms with Gasteiger partial charge in [-0.15, -0.1) is 0 Å². The molecule has 0 unspecified atom stereocenters. The number of benzene rings is 1. The van der Waals surface area contributed by atoms with E-state index in [1.54, 1.807) is 6.92 Å². The van der Waals surface area contributed by atoms with Crippen molar-refractivity contribution >= 4 is 17.6 Å². The van der Waals surface area contributed by atoms with Crippen LogP contribution in [0.3, 0.4) is 0 Å². The van der Waals surface area contributed by atoms with Gasteiger partial charge in [-0.1, -0.05) is 30.7 Å². The summed E-state index contributed by atoms with van der Waals surface area (Å²) in [5, 5.41) is 11.2. The first-order valence-corrected chi connectivity index (χ1v) is 4.04. The molecule has 1 N–H and O–H groups in total. The third-order valence-corrected chi connectivity index (χ3v) is 1.90. The van der Waals surface area contributed by atoms with Crippen LogP contribution in [0.2, 0.25) is 5.02 Å². The molecule has 2 rings (SSSR count). The molecular weight excluding hydrogens is 176 g/mol. The van der Waals surface area contributed by atoms with E-state index in [9.17, 15) is 4.79 Å². The minimum Gasteiger partial charge on any atom is -0.481 e. The number of rotatable bonds is 1. The van der Waals surface area contributed by atoms with Crippen LogP contribution in [-0.2, 0) is 4.79 Å². The lowest BCUT2D eigenvalue weighted by atomic mass is 10.1. The van der Waals surface area contributed by atoms with Crippen molar-refractivity contribution in [3.63, 3.8) is 0 Å². The summed E-state index contributed by atoms with van der Waals surface area (Å²) in [4.78, 5) is 9.37.